The van der Waals surface area contributed by atoms with E-state index in [-0.39, 0.29) is 0 Å². The van der Waals surface area contributed by atoms with Crippen LogP contribution < -0.4 is 0 Å². The van der Waals surface area contributed by atoms with Crippen LogP contribution >= 0.6 is 0 Å². The van der Waals surface area contributed by atoms with E-state index in [1.807, 2.05) is 6.92 Å². The van der Waals surface area contributed by atoms with Gasteiger partial charge in [0, 0.05) is 0 Å². The lowest BCUT2D eigenvalue weighted by Crippen LogP contribution is -2.10. The van der Waals surface area contributed by atoms with Crippen LogP contribution in [0.5, 0.6) is 0 Å². The van der Waals surface area contributed by atoms with Crippen LogP contribution in [0.3, 0.4) is 0 Å². The van der Waals surface area contributed by atoms with Gasteiger partial charge in [-0.1, -0.05) is 6.92 Å². The molecule has 0 fully saturated rings. The third kappa shape index (κ3) is 5.84. The van der Waals surface area contributed by atoms with Crippen molar-refractivity contribution in [3.05, 3.63) is 0 Å². The van der Waals surface area contributed by atoms with Crippen LogP contribution in [-0.2, 0) is 9.78 Å². The lowest BCUT2D eigenvalue weighted by Gasteiger charge is -2.01. The van der Waals surface area contributed by atoms with Crippen LogP contribution in [0.4, 0.5) is 0 Å². The molecule has 0 aromatic rings. The van der Waals surface area contributed by atoms with Gasteiger partial charge in [-0.2, -0.15) is 4.89 Å². The first-order chi connectivity index (χ1) is 3.77. The fourth-order valence-corrected chi connectivity index (χ4v) is 0.192. The highest BCUT2D eigenvalue weighted by atomic mass is 17.2. The maximum absolute atomic E-state index is 7.99. The van der Waals surface area contributed by atoms with Crippen molar-refractivity contribution in [3.8, 4) is 0 Å². The first-order valence-electron chi connectivity index (χ1n) is 2.41. The molecule has 8 heavy (non-hydrogen) atoms. The van der Waals surface area contributed by atoms with E-state index in [1.165, 1.54) is 0 Å². The molecule has 4 heteroatoms. The van der Waals surface area contributed by atoms with Crippen LogP contribution in [0.25, 0.3) is 0 Å². The molecule has 0 radical (unpaired) electrons. The minimum atomic E-state index is -1.82. The van der Waals surface area contributed by atoms with E-state index in [2.05, 4.69) is 9.78 Å². The predicted octanol–water partition coefficient (Wildman–Crippen LogP) is -0.387. The topological polar surface area (TPSA) is 58.9 Å². The molecule has 0 aliphatic carbocycles. The lowest BCUT2D eigenvalue weighted by atomic mass is 10.5. The fraction of sp³-hybridized carbons (Fsp3) is 1.00. The number of rotatable bonds is 4. The number of aliphatic hydroxyl groups excluding tert-OH is 1. The largest absolute Gasteiger partial charge is 0.344 e. The molecule has 0 aromatic carbocycles. The van der Waals surface area contributed by atoms with E-state index in [4.69, 9.17) is 10.2 Å². The highest BCUT2D eigenvalue weighted by molar-refractivity contribution is 4.14. The molecule has 0 saturated heterocycles. The molecule has 0 heterocycles. The van der Waals surface area contributed by atoms with Crippen LogP contribution in [0.2, 0.25) is 0 Å². The van der Waals surface area contributed by atoms with Crippen LogP contribution in [0, 0.1) is 0 Å². The van der Waals surface area contributed by atoms with Gasteiger partial charge in [0.2, 0.25) is 0 Å². The van der Waals surface area contributed by atoms with Gasteiger partial charge in [0.1, 0.15) is 0 Å². The SMILES string of the molecule is CCCOOC(O)O. The van der Waals surface area contributed by atoms with Crippen molar-refractivity contribution in [1.82, 2.24) is 0 Å². The summed E-state index contributed by atoms with van der Waals surface area (Å²) in [6.07, 6.45) is 0.784. The zero-order chi connectivity index (χ0) is 6.41. The van der Waals surface area contributed by atoms with Gasteiger partial charge >= 0.3 is 0 Å². The summed E-state index contributed by atoms with van der Waals surface area (Å²) in [5.74, 6) is 0. The number of hydrogen-bond donors (Lipinski definition) is 2. The van der Waals surface area contributed by atoms with Gasteiger partial charge < -0.3 is 10.2 Å². The Hall–Kier alpha value is -0.160. The standard InChI is InChI=1S/C4H10O4/c1-2-3-7-8-4(5)6/h4-6H,2-3H2,1H3. The third-order valence-electron chi connectivity index (χ3n) is 0.442. The normalized spacial score (nSPS) is 10.5. The van der Waals surface area contributed by atoms with Crippen molar-refractivity contribution in [1.29, 1.82) is 0 Å². The van der Waals surface area contributed by atoms with E-state index in [1.54, 1.807) is 0 Å². The maximum atomic E-state index is 7.99. The summed E-state index contributed by atoms with van der Waals surface area (Å²) >= 11 is 0. The maximum Gasteiger partial charge on any atom is 0.296 e. The Morgan fingerprint density at radius 2 is 2.12 bits per heavy atom. The Labute approximate surface area is 47.6 Å². The predicted molar refractivity (Wildman–Crippen MR) is 25.6 cm³/mol. The zero-order valence-electron chi connectivity index (χ0n) is 4.70. The summed E-state index contributed by atoms with van der Waals surface area (Å²) < 4.78 is 0. The first-order valence-corrected chi connectivity index (χ1v) is 2.41. The molecule has 0 spiro atoms. The fourth-order valence-electron chi connectivity index (χ4n) is 0.192. The molecule has 0 aliphatic heterocycles. The van der Waals surface area contributed by atoms with E-state index in [0.717, 1.165) is 6.42 Å². The number of hydrogen-bond acceptors (Lipinski definition) is 4. The second kappa shape index (κ2) is 4.99. The Kier molecular flexibility index (Phi) is 4.89. The molecule has 0 aliphatic rings. The highest BCUT2D eigenvalue weighted by Gasteiger charge is 1.93. The molecule has 0 amide bonds. The molecule has 50 valence electrons. The molecular formula is C4H10O4. The van der Waals surface area contributed by atoms with Crippen molar-refractivity contribution < 1.29 is 20.0 Å². The smallest absolute Gasteiger partial charge is 0.296 e. The van der Waals surface area contributed by atoms with Crippen molar-refractivity contribution in [2.75, 3.05) is 6.61 Å². The Morgan fingerprint density at radius 3 is 2.50 bits per heavy atom. The monoisotopic (exact) mass is 122 g/mol. The lowest BCUT2D eigenvalue weighted by molar-refractivity contribution is -0.425. The van der Waals surface area contributed by atoms with Crippen LogP contribution in [0.1, 0.15) is 13.3 Å². The first kappa shape index (κ1) is 7.84. The molecule has 4 nitrogen and oxygen atoms in total. The Balaban J connectivity index is 2.72. The Bertz CT molecular complexity index is 45.3. The average molecular weight is 122 g/mol. The van der Waals surface area contributed by atoms with Gasteiger partial charge in [0.25, 0.3) is 6.48 Å². The quantitative estimate of drug-likeness (QED) is 0.231. The molecule has 0 unspecified atom stereocenters. The Morgan fingerprint density at radius 1 is 1.50 bits per heavy atom. The average Bonchev–Trinajstić information content (AvgIpc) is 1.66. The van der Waals surface area contributed by atoms with E-state index < -0.39 is 6.48 Å². The number of aliphatic hydroxyl groups is 2. The van der Waals surface area contributed by atoms with Crippen molar-refractivity contribution >= 4 is 0 Å². The molecule has 0 rings (SSSR count). The van der Waals surface area contributed by atoms with Gasteiger partial charge in [-0.25, -0.2) is 4.89 Å². The van der Waals surface area contributed by atoms with Crippen LogP contribution in [0.15, 0.2) is 0 Å². The molecule has 0 bridgehead atoms. The molecule has 0 saturated carbocycles. The van der Waals surface area contributed by atoms with Crippen molar-refractivity contribution in [3.63, 3.8) is 0 Å². The minimum absolute atomic E-state index is 0.373. The molecular weight excluding hydrogens is 112 g/mol. The second-order valence-corrected chi connectivity index (χ2v) is 1.24. The summed E-state index contributed by atoms with van der Waals surface area (Å²) in [6.45, 7) is 0.437. The van der Waals surface area contributed by atoms with Crippen molar-refractivity contribution in [2.45, 2.75) is 19.8 Å². The summed E-state index contributed by atoms with van der Waals surface area (Å²) in [5.41, 5.74) is 0. The third-order valence-corrected chi connectivity index (χ3v) is 0.442. The minimum Gasteiger partial charge on any atom is -0.344 e. The van der Waals surface area contributed by atoms with Crippen molar-refractivity contribution in [2.24, 2.45) is 0 Å². The van der Waals surface area contributed by atoms with Gasteiger partial charge in [-0.3, -0.25) is 0 Å². The molecule has 0 aromatic heterocycles. The summed E-state index contributed by atoms with van der Waals surface area (Å²) in [4.78, 5) is 8.14. The summed E-state index contributed by atoms with van der Waals surface area (Å²) in [5, 5.41) is 16.0. The highest BCUT2D eigenvalue weighted by Crippen LogP contribution is 1.84. The van der Waals surface area contributed by atoms with Gasteiger partial charge in [-0.05, 0) is 6.42 Å². The van der Waals surface area contributed by atoms with Gasteiger partial charge in [0.15, 0.2) is 0 Å². The van der Waals surface area contributed by atoms with Gasteiger partial charge in [0.05, 0.1) is 6.61 Å². The van der Waals surface area contributed by atoms with E-state index >= 15 is 0 Å². The molecule has 0 atom stereocenters. The zero-order valence-corrected chi connectivity index (χ0v) is 4.70. The summed E-state index contributed by atoms with van der Waals surface area (Å²) in [6, 6.07) is 0. The van der Waals surface area contributed by atoms with Crippen LogP contribution in [-0.4, -0.2) is 23.3 Å². The van der Waals surface area contributed by atoms with E-state index in [9.17, 15) is 0 Å². The molecule has 2 N–H and O–H groups in total. The van der Waals surface area contributed by atoms with E-state index in [0.29, 0.717) is 6.61 Å². The second-order valence-electron chi connectivity index (χ2n) is 1.24. The summed E-state index contributed by atoms with van der Waals surface area (Å²) in [7, 11) is 0. The van der Waals surface area contributed by atoms with Gasteiger partial charge in [-0.15, -0.1) is 0 Å².